The van der Waals surface area contributed by atoms with Crippen LogP contribution in [0.15, 0.2) is 24.3 Å². The highest BCUT2D eigenvalue weighted by Crippen LogP contribution is 2.18. The van der Waals surface area contributed by atoms with Gasteiger partial charge in [0.05, 0.1) is 0 Å². The van der Waals surface area contributed by atoms with E-state index in [-0.39, 0.29) is 0 Å². The van der Waals surface area contributed by atoms with Crippen LogP contribution in [0.3, 0.4) is 0 Å². The van der Waals surface area contributed by atoms with Gasteiger partial charge in [-0.1, -0.05) is 24.3 Å². The number of benzene rings is 1. The Morgan fingerprint density at radius 1 is 1.30 bits per heavy atom. The summed E-state index contributed by atoms with van der Waals surface area (Å²) in [5, 5.41) is 2.63. The highest BCUT2D eigenvalue weighted by Gasteiger charge is 2.25. The van der Waals surface area contributed by atoms with E-state index in [9.17, 15) is 9.59 Å². The first kappa shape index (κ1) is 14.5. The Kier molecular flexibility index (Phi) is 5.12. The van der Waals surface area contributed by atoms with E-state index in [1.165, 1.54) is 5.56 Å². The molecular formula is C15H20N2O3. The van der Waals surface area contributed by atoms with Crippen LogP contribution in [0.1, 0.15) is 17.5 Å². The summed E-state index contributed by atoms with van der Waals surface area (Å²) < 4.78 is 4.89. The maximum Gasteiger partial charge on any atom is 0.312 e. The molecule has 0 spiro atoms. The molecule has 1 aromatic carbocycles. The van der Waals surface area contributed by atoms with Crippen molar-refractivity contribution in [2.45, 2.75) is 19.4 Å². The number of hydrogen-bond donors (Lipinski definition) is 1. The van der Waals surface area contributed by atoms with Gasteiger partial charge in [-0.05, 0) is 24.0 Å². The largest absolute Gasteiger partial charge is 0.385 e. The number of nitrogens with one attached hydrogen (secondary N) is 1. The minimum Gasteiger partial charge on any atom is -0.385 e. The van der Waals surface area contributed by atoms with Gasteiger partial charge in [0.1, 0.15) is 0 Å². The van der Waals surface area contributed by atoms with E-state index < -0.39 is 11.8 Å². The van der Waals surface area contributed by atoms with Gasteiger partial charge in [0.25, 0.3) is 0 Å². The summed E-state index contributed by atoms with van der Waals surface area (Å²) in [5.74, 6) is -0.975. The van der Waals surface area contributed by atoms with Crippen LogP contribution in [0.2, 0.25) is 0 Å². The monoisotopic (exact) mass is 276 g/mol. The predicted molar refractivity (Wildman–Crippen MR) is 75.1 cm³/mol. The Morgan fingerprint density at radius 3 is 2.80 bits per heavy atom. The molecule has 108 valence electrons. The molecule has 0 unspecified atom stereocenters. The van der Waals surface area contributed by atoms with E-state index in [1.54, 1.807) is 12.0 Å². The highest BCUT2D eigenvalue weighted by molar-refractivity contribution is 6.35. The Labute approximate surface area is 118 Å². The number of nitrogens with zero attached hydrogens (tertiary/aromatic N) is 1. The first-order chi connectivity index (χ1) is 9.72. The van der Waals surface area contributed by atoms with Gasteiger partial charge >= 0.3 is 11.8 Å². The first-order valence-corrected chi connectivity index (χ1v) is 6.85. The lowest BCUT2D eigenvalue weighted by Gasteiger charge is -2.28. The van der Waals surface area contributed by atoms with Gasteiger partial charge in [0, 0.05) is 33.4 Å². The molecule has 0 atom stereocenters. The van der Waals surface area contributed by atoms with E-state index in [2.05, 4.69) is 11.4 Å². The van der Waals surface area contributed by atoms with Crippen molar-refractivity contribution in [1.29, 1.82) is 0 Å². The lowest BCUT2D eigenvalue weighted by Crippen LogP contribution is -2.45. The van der Waals surface area contributed by atoms with E-state index in [0.29, 0.717) is 32.7 Å². The number of fused-ring (bicyclic) bond motifs is 1. The zero-order valence-corrected chi connectivity index (χ0v) is 11.7. The van der Waals surface area contributed by atoms with Crippen molar-refractivity contribution in [2.24, 2.45) is 0 Å². The van der Waals surface area contributed by atoms with Gasteiger partial charge in [-0.25, -0.2) is 0 Å². The van der Waals surface area contributed by atoms with Gasteiger partial charge in [0.15, 0.2) is 0 Å². The van der Waals surface area contributed by atoms with Crippen molar-refractivity contribution in [3.8, 4) is 0 Å². The highest BCUT2D eigenvalue weighted by atomic mass is 16.5. The average Bonchev–Trinajstić information content (AvgIpc) is 2.50. The number of amides is 2. The molecule has 1 N–H and O–H groups in total. The van der Waals surface area contributed by atoms with Crippen LogP contribution in [-0.4, -0.2) is 43.5 Å². The molecule has 0 aromatic heterocycles. The molecule has 5 heteroatoms. The molecule has 5 nitrogen and oxygen atoms in total. The van der Waals surface area contributed by atoms with Crippen LogP contribution < -0.4 is 5.32 Å². The second-order valence-electron chi connectivity index (χ2n) is 4.85. The van der Waals surface area contributed by atoms with Crippen LogP contribution in [0.25, 0.3) is 0 Å². The smallest absolute Gasteiger partial charge is 0.312 e. The van der Waals surface area contributed by atoms with Crippen molar-refractivity contribution in [3.63, 3.8) is 0 Å². The number of ether oxygens (including phenoxy) is 1. The quantitative estimate of drug-likeness (QED) is 0.651. The molecule has 1 aliphatic heterocycles. The van der Waals surface area contributed by atoms with Gasteiger partial charge in [-0.3, -0.25) is 9.59 Å². The molecule has 1 aromatic rings. The van der Waals surface area contributed by atoms with E-state index >= 15 is 0 Å². The summed E-state index contributed by atoms with van der Waals surface area (Å²) >= 11 is 0. The maximum atomic E-state index is 12.1. The first-order valence-electron chi connectivity index (χ1n) is 6.85. The second-order valence-corrected chi connectivity index (χ2v) is 4.85. The van der Waals surface area contributed by atoms with E-state index in [4.69, 9.17) is 4.74 Å². The third-order valence-electron chi connectivity index (χ3n) is 3.42. The molecule has 2 rings (SSSR count). The van der Waals surface area contributed by atoms with E-state index in [0.717, 1.165) is 12.0 Å². The third-order valence-corrected chi connectivity index (χ3v) is 3.42. The Hall–Kier alpha value is -1.88. The minimum absolute atomic E-state index is 0.447. The third kappa shape index (κ3) is 3.57. The zero-order chi connectivity index (χ0) is 14.4. The topological polar surface area (TPSA) is 58.6 Å². The summed E-state index contributed by atoms with van der Waals surface area (Å²) in [6.45, 7) is 2.15. The fraction of sp³-hybridized carbons (Fsp3) is 0.467. The van der Waals surface area contributed by atoms with Crippen LogP contribution in [-0.2, 0) is 27.3 Å². The molecule has 0 aliphatic carbocycles. The SMILES string of the molecule is COCCCNC(=O)C(=O)N1CCc2ccccc2C1. The van der Waals surface area contributed by atoms with Crippen molar-refractivity contribution in [3.05, 3.63) is 35.4 Å². The summed E-state index contributed by atoms with van der Waals surface area (Å²) in [6.07, 6.45) is 1.51. The fourth-order valence-electron chi connectivity index (χ4n) is 2.31. The molecule has 0 bridgehead atoms. The average molecular weight is 276 g/mol. The summed E-state index contributed by atoms with van der Waals surface area (Å²) in [6, 6.07) is 8.03. The van der Waals surface area contributed by atoms with Gasteiger partial charge in [-0.15, -0.1) is 0 Å². The number of rotatable bonds is 4. The Bertz CT molecular complexity index is 488. The summed E-state index contributed by atoms with van der Waals surface area (Å²) in [7, 11) is 1.61. The minimum atomic E-state index is -0.527. The maximum absolute atomic E-state index is 12.1. The van der Waals surface area contributed by atoms with Gasteiger partial charge in [0.2, 0.25) is 0 Å². The number of carbonyl (C=O) groups excluding carboxylic acids is 2. The van der Waals surface area contributed by atoms with Crippen molar-refractivity contribution in [1.82, 2.24) is 10.2 Å². The molecule has 0 saturated carbocycles. The molecular weight excluding hydrogens is 256 g/mol. The number of hydrogen-bond acceptors (Lipinski definition) is 3. The van der Waals surface area contributed by atoms with Crippen LogP contribution in [0.5, 0.6) is 0 Å². The molecule has 1 aliphatic rings. The standard InChI is InChI=1S/C15H20N2O3/c1-20-10-4-8-16-14(18)15(19)17-9-7-12-5-2-3-6-13(12)11-17/h2-3,5-6H,4,7-11H2,1H3,(H,16,18). The second kappa shape index (κ2) is 7.05. The molecule has 20 heavy (non-hydrogen) atoms. The van der Waals surface area contributed by atoms with Crippen LogP contribution in [0.4, 0.5) is 0 Å². The molecule has 0 saturated heterocycles. The van der Waals surface area contributed by atoms with Gasteiger partial charge in [-0.2, -0.15) is 0 Å². The number of methoxy groups -OCH3 is 1. The lowest BCUT2D eigenvalue weighted by molar-refractivity contribution is -0.146. The summed E-state index contributed by atoms with van der Waals surface area (Å²) in [4.78, 5) is 25.4. The molecule has 2 amide bonds. The van der Waals surface area contributed by atoms with Crippen molar-refractivity contribution in [2.75, 3.05) is 26.8 Å². The van der Waals surface area contributed by atoms with Crippen LogP contribution >= 0.6 is 0 Å². The fourth-order valence-corrected chi connectivity index (χ4v) is 2.31. The van der Waals surface area contributed by atoms with E-state index in [1.807, 2.05) is 18.2 Å². The van der Waals surface area contributed by atoms with Crippen molar-refractivity contribution >= 4 is 11.8 Å². The van der Waals surface area contributed by atoms with Crippen molar-refractivity contribution < 1.29 is 14.3 Å². The van der Waals surface area contributed by atoms with Gasteiger partial charge < -0.3 is 15.0 Å². The molecule has 0 radical (unpaired) electrons. The zero-order valence-electron chi connectivity index (χ0n) is 11.7. The predicted octanol–water partition coefficient (Wildman–Crippen LogP) is 0.724. The summed E-state index contributed by atoms with van der Waals surface area (Å²) in [5.41, 5.74) is 2.39. The number of carbonyl (C=O) groups is 2. The lowest BCUT2D eigenvalue weighted by atomic mass is 10.00. The molecule has 0 fully saturated rings. The normalized spacial score (nSPS) is 13.8. The Morgan fingerprint density at radius 2 is 2.05 bits per heavy atom. The Balaban J connectivity index is 1.86. The molecule has 1 heterocycles. The van der Waals surface area contributed by atoms with Crippen LogP contribution in [0, 0.1) is 0 Å².